The van der Waals surface area contributed by atoms with Crippen LogP contribution >= 0.6 is 0 Å². The number of fused-ring (bicyclic) bond motifs is 2. The number of phenols is 2. The number of benzene rings is 5. The molecule has 3 N–H and O–H groups in total. The normalized spacial score (nSPS) is 11.7. The Hall–Kier alpha value is -4.03. The molecular formula is C29H25NO4S. The van der Waals surface area contributed by atoms with Gasteiger partial charge in [0.1, 0.15) is 11.5 Å². The monoisotopic (exact) mass is 483 g/mol. The summed E-state index contributed by atoms with van der Waals surface area (Å²) in [6, 6.07) is 26.4. The first-order valence-electron chi connectivity index (χ1n) is 11.5. The average Bonchev–Trinajstić information content (AvgIpc) is 2.86. The van der Waals surface area contributed by atoms with Gasteiger partial charge in [-0.25, -0.2) is 8.42 Å². The van der Waals surface area contributed by atoms with E-state index in [0.29, 0.717) is 27.6 Å². The Kier molecular flexibility index (Phi) is 5.83. The molecule has 0 unspecified atom stereocenters. The average molecular weight is 484 g/mol. The molecule has 0 heterocycles. The number of rotatable bonds is 6. The molecule has 0 saturated carbocycles. The van der Waals surface area contributed by atoms with Crippen molar-refractivity contribution in [3.05, 3.63) is 96.6 Å². The number of hydrogen-bond donors (Lipinski definition) is 3. The molecule has 0 aliphatic carbocycles. The molecule has 0 aliphatic rings. The van der Waals surface area contributed by atoms with Gasteiger partial charge in [0.2, 0.25) is 0 Å². The highest BCUT2D eigenvalue weighted by atomic mass is 32.2. The number of phenolic OH excluding ortho intramolecular Hbond substituents is 2. The highest BCUT2D eigenvalue weighted by molar-refractivity contribution is 7.92. The summed E-state index contributed by atoms with van der Waals surface area (Å²) in [5.74, 6) is -0.0336. The van der Waals surface area contributed by atoms with Gasteiger partial charge in [0.25, 0.3) is 10.0 Å². The van der Waals surface area contributed by atoms with Crippen LogP contribution in [-0.2, 0) is 16.4 Å². The van der Waals surface area contributed by atoms with Crippen molar-refractivity contribution in [2.45, 2.75) is 24.7 Å². The molecule has 0 aliphatic heterocycles. The van der Waals surface area contributed by atoms with Crippen molar-refractivity contribution in [3.8, 4) is 22.6 Å². The van der Waals surface area contributed by atoms with Gasteiger partial charge in [-0.2, -0.15) is 0 Å². The summed E-state index contributed by atoms with van der Waals surface area (Å²) in [4.78, 5) is 0.157. The zero-order chi connectivity index (χ0) is 24.6. The molecule has 0 fully saturated rings. The highest BCUT2D eigenvalue weighted by Crippen LogP contribution is 2.46. The fourth-order valence-electron chi connectivity index (χ4n) is 4.51. The topological polar surface area (TPSA) is 86.6 Å². The molecule has 0 bridgehead atoms. The largest absolute Gasteiger partial charge is 0.507 e. The summed E-state index contributed by atoms with van der Waals surface area (Å²) in [7, 11) is -3.90. The summed E-state index contributed by atoms with van der Waals surface area (Å²) in [6.45, 7) is 2.08. The molecule has 5 nitrogen and oxygen atoms in total. The lowest BCUT2D eigenvalue weighted by atomic mass is 9.93. The lowest BCUT2D eigenvalue weighted by Gasteiger charge is -2.17. The van der Waals surface area contributed by atoms with Crippen molar-refractivity contribution in [1.82, 2.24) is 0 Å². The van der Waals surface area contributed by atoms with E-state index in [1.807, 2.05) is 36.4 Å². The first-order valence-corrected chi connectivity index (χ1v) is 12.9. The summed E-state index contributed by atoms with van der Waals surface area (Å²) >= 11 is 0. The minimum absolute atomic E-state index is 0.00500. The number of nitrogens with one attached hydrogen (secondary N) is 1. The Morgan fingerprint density at radius 1 is 0.771 bits per heavy atom. The van der Waals surface area contributed by atoms with Crippen molar-refractivity contribution >= 4 is 37.3 Å². The van der Waals surface area contributed by atoms with Crippen molar-refractivity contribution in [1.29, 1.82) is 0 Å². The molecule has 5 rings (SSSR count). The lowest BCUT2D eigenvalue weighted by Crippen LogP contribution is -2.13. The van der Waals surface area contributed by atoms with Crippen LogP contribution in [0.4, 0.5) is 5.69 Å². The van der Waals surface area contributed by atoms with Gasteiger partial charge in [-0.1, -0.05) is 80.1 Å². The molecule has 0 radical (unpaired) electrons. The van der Waals surface area contributed by atoms with Crippen LogP contribution in [-0.4, -0.2) is 18.6 Å². The smallest absolute Gasteiger partial charge is 0.261 e. The second kappa shape index (κ2) is 8.96. The first kappa shape index (κ1) is 22.7. The summed E-state index contributed by atoms with van der Waals surface area (Å²) < 4.78 is 29.3. The van der Waals surface area contributed by atoms with Gasteiger partial charge in [-0.15, -0.1) is 0 Å². The van der Waals surface area contributed by atoms with Crippen LogP contribution in [0.5, 0.6) is 11.5 Å². The van der Waals surface area contributed by atoms with Crippen LogP contribution in [0.1, 0.15) is 18.9 Å². The molecule has 6 heteroatoms. The van der Waals surface area contributed by atoms with E-state index >= 15 is 0 Å². The molecule has 0 amide bonds. The summed E-state index contributed by atoms with van der Waals surface area (Å²) in [6.07, 6.45) is 1.86. The quantitative estimate of drug-likeness (QED) is 0.231. The Bertz CT molecular complexity index is 1660. The maximum Gasteiger partial charge on any atom is 0.261 e. The predicted octanol–water partition coefficient (Wildman–Crippen LogP) is 6.82. The van der Waals surface area contributed by atoms with Gasteiger partial charge in [-0.05, 0) is 47.0 Å². The third-order valence-electron chi connectivity index (χ3n) is 6.21. The van der Waals surface area contributed by atoms with Gasteiger partial charge < -0.3 is 10.2 Å². The van der Waals surface area contributed by atoms with Crippen LogP contribution < -0.4 is 4.72 Å². The van der Waals surface area contributed by atoms with E-state index in [2.05, 4.69) is 11.6 Å². The standard InChI is InChI=1S/C29H25NO4S/c1-2-7-19-12-15-21(16-13-19)35(33,34)30-26-18-25(29(32)24-11-6-5-10-23(24)26)28-22-9-4-3-8-20(22)14-17-27(28)31/h3-6,8-18,30-32H,2,7H2,1H3. The number of aryl methyl sites for hydroxylation is 1. The van der Waals surface area contributed by atoms with Gasteiger partial charge in [0.05, 0.1) is 10.6 Å². The molecular weight excluding hydrogens is 458 g/mol. The van der Waals surface area contributed by atoms with Crippen molar-refractivity contribution in [2.75, 3.05) is 4.72 Å². The van der Waals surface area contributed by atoms with E-state index in [1.54, 1.807) is 54.6 Å². The second-order valence-corrected chi connectivity index (χ2v) is 10.2. The van der Waals surface area contributed by atoms with Crippen LogP contribution in [0, 0.1) is 0 Å². The molecule has 0 aromatic heterocycles. The number of hydrogen-bond acceptors (Lipinski definition) is 4. The van der Waals surface area contributed by atoms with Gasteiger partial charge in [0.15, 0.2) is 0 Å². The number of aromatic hydroxyl groups is 2. The Balaban J connectivity index is 1.69. The van der Waals surface area contributed by atoms with Crippen LogP contribution in [0.3, 0.4) is 0 Å². The van der Waals surface area contributed by atoms with Gasteiger partial charge in [-0.3, -0.25) is 4.72 Å². The molecule has 176 valence electrons. The SMILES string of the molecule is CCCc1ccc(S(=O)(=O)Nc2cc(-c3c(O)ccc4ccccc34)c(O)c3ccccc23)cc1. The van der Waals surface area contributed by atoms with Crippen molar-refractivity contribution in [2.24, 2.45) is 0 Å². The maximum atomic E-state index is 13.3. The van der Waals surface area contributed by atoms with Crippen LogP contribution in [0.2, 0.25) is 0 Å². The second-order valence-electron chi connectivity index (χ2n) is 8.55. The molecule has 35 heavy (non-hydrogen) atoms. The van der Waals surface area contributed by atoms with E-state index in [4.69, 9.17) is 0 Å². The van der Waals surface area contributed by atoms with Gasteiger partial charge in [0, 0.05) is 21.9 Å². The van der Waals surface area contributed by atoms with Crippen LogP contribution in [0.15, 0.2) is 95.9 Å². The third-order valence-corrected chi connectivity index (χ3v) is 7.59. The Labute approximate surface area is 204 Å². The highest BCUT2D eigenvalue weighted by Gasteiger charge is 2.21. The number of anilines is 1. The minimum Gasteiger partial charge on any atom is -0.507 e. The summed E-state index contributed by atoms with van der Waals surface area (Å²) in [5, 5.41) is 24.7. The van der Waals surface area contributed by atoms with E-state index in [1.165, 1.54) is 0 Å². The summed E-state index contributed by atoms with van der Waals surface area (Å²) in [5.41, 5.74) is 2.18. The fourth-order valence-corrected chi connectivity index (χ4v) is 5.58. The fraction of sp³-hybridized carbons (Fsp3) is 0.103. The minimum atomic E-state index is -3.90. The Morgan fingerprint density at radius 3 is 2.14 bits per heavy atom. The third kappa shape index (κ3) is 4.17. The molecule has 0 spiro atoms. The number of sulfonamides is 1. The predicted molar refractivity (Wildman–Crippen MR) is 141 cm³/mol. The maximum absolute atomic E-state index is 13.3. The first-order chi connectivity index (χ1) is 16.9. The lowest BCUT2D eigenvalue weighted by molar-refractivity contribution is 0.472. The molecule has 5 aromatic rings. The van der Waals surface area contributed by atoms with E-state index in [9.17, 15) is 18.6 Å². The van der Waals surface area contributed by atoms with Crippen LogP contribution in [0.25, 0.3) is 32.7 Å². The Morgan fingerprint density at radius 2 is 1.43 bits per heavy atom. The zero-order valence-electron chi connectivity index (χ0n) is 19.2. The van der Waals surface area contributed by atoms with Crippen molar-refractivity contribution in [3.63, 3.8) is 0 Å². The van der Waals surface area contributed by atoms with E-state index in [-0.39, 0.29) is 16.4 Å². The molecule has 5 aromatic carbocycles. The molecule has 0 saturated heterocycles. The molecule has 0 atom stereocenters. The zero-order valence-corrected chi connectivity index (χ0v) is 20.0. The van der Waals surface area contributed by atoms with Crippen molar-refractivity contribution < 1.29 is 18.6 Å². The van der Waals surface area contributed by atoms with E-state index < -0.39 is 10.0 Å². The van der Waals surface area contributed by atoms with Gasteiger partial charge >= 0.3 is 0 Å². The van der Waals surface area contributed by atoms with E-state index in [0.717, 1.165) is 29.2 Å².